The number of pyridine rings is 1. The van der Waals surface area contributed by atoms with Crippen molar-refractivity contribution in [3.05, 3.63) is 52.3 Å². The van der Waals surface area contributed by atoms with Crippen LogP contribution in [0.3, 0.4) is 0 Å². The van der Waals surface area contributed by atoms with Crippen LogP contribution in [-0.2, 0) is 0 Å². The van der Waals surface area contributed by atoms with Crippen LogP contribution in [0.15, 0.2) is 30.3 Å². The minimum Gasteiger partial charge on any atom is -0.315 e. The summed E-state index contributed by atoms with van der Waals surface area (Å²) in [6.07, 6.45) is 3.28. The van der Waals surface area contributed by atoms with Crippen molar-refractivity contribution in [1.29, 1.82) is 0 Å². The maximum Gasteiger partial charge on any atom is 0.258 e. The molecule has 1 saturated heterocycles. The molecule has 6 nitrogen and oxygen atoms in total. The van der Waals surface area contributed by atoms with E-state index < -0.39 is 0 Å². The summed E-state index contributed by atoms with van der Waals surface area (Å²) in [5.74, 6) is 0.344. The summed E-state index contributed by atoms with van der Waals surface area (Å²) in [5.41, 5.74) is 3.86. The van der Waals surface area contributed by atoms with E-state index >= 15 is 0 Å². The van der Waals surface area contributed by atoms with Gasteiger partial charge in [-0.15, -0.1) is 0 Å². The maximum atomic E-state index is 12.9. The van der Waals surface area contributed by atoms with E-state index in [1.807, 2.05) is 32.0 Å². The Morgan fingerprint density at radius 2 is 2.00 bits per heavy atom. The molecule has 1 atom stereocenters. The Kier molecular flexibility index (Phi) is 5.33. The molecule has 1 amide bonds. The third-order valence-electron chi connectivity index (χ3n) is 5.12. The topological polar surface area (TPSA) is 71.8 Å². The van der Waals surface area contributed by atoms with Crippen molar-refractivity contribution in [2.45, 2.75) is 39.2 Å². The fourth-order valence-corrected chi connectivity index (χ4v) is 4.17. The van der Waals surface area contributed by atoms with Gasteiger partial charge in [-0.25, -0.2) is 4.98 Å². The molecule has 1 unspecified atom stereocenters. The fraction of sp³-hybridized carbons (Fsp3) is 0.381. The van der Waals surface area contributed by atoms with Crippen LogP contribution in [0.5, 0.6) is 0 Å². The molecule has 0 bridgehead atoms. The Morgan fingerprint density at radius 3 is 2.79 bits per heavy atom. The molecule has 3 heterocycles. The number of carbonyl (C=O) groups is 1. The Balaban J connectivity index is 1.76. The Bertz CT molecular complexity index is 1000. The van der Waals surface area contributed by atoms with E-state index in [1.54, 1.807) is 12.1 Å². The summed E-state index contributed by atoms with van der Waals surface area (Å²) in [6.45, 7) is 5.60. The number of aryl methyl sites for hydroxylation is 2. The van der Waals surface area contributed by atoms with Crippen molar-refractivity contribution in [2.24, 2.45) is 0 Å². The van der Waals surface area contributed by atoms with Crippen molar-refractivity contribution >= 4 is 34.5 Å². The van der Waals surface area contributed by atoms with Crippen LogP contribution in [0.2, 0.25) is 5.02 Å². The van der Waals surface area contributed by atoms with Crippen LogP contribution in [0, 0.1) is 13.8 Å². The number of hydrogen-bond acceptors (Lipinski definition) is 4. The smallest absolute Gasteiger partial charge is 0.258 e. The van der Waals surface area contributed by atoms with Crippen LogP contribution < -0.4 is 10.6 Å². The monoisotopic (exact) mass is 397 g/mol. The van der Waals surface area contributed by atoms with Gasteiger partial charge in [0.2, 0.25) is 5.95 Å². The number of fused-ring (bicyclic) bond motifs is 1. The van der Waals surface area contributed by atoms with Crippen LogP contribution in [0.4, 0.5) is 5.95 Å². The third kappa shape index (κ3) is 3.75. The lowest BCUT2D eigenvalue weighted by atomic mass is 10.1. The molecule has 0 spiro atoms. The molecule has 2 N–H and O–H groups in total. The molecule has 2 aromatic heterocycles. The normalized spacial score (nSPS) is 17.5. The molecule has 1 aliphatic rings. The average Bonchev–Trinajstić information content (AvgIpc) is 2.82. The summed E-state index contributed by atoms with van der Waals surface area (Å²) in [4.78, 5) is 22.0. The summed E-state index contributed by atoms with van der Waals surface area (Å²) < 4.78 is 2.09. The molecular formula is C21H24ClN5O. The van der Waals surface area contributed by atoms with Gasteiger partial charge in [-0.2, -0.15) is 0 Å². The zero-order valence-corrected chi connectivity index (χ0v) is 16.9. The summed E-state index contributed by atoms with van der Waals surface area (Å²) >= 11 is 6.53. The summed E-state index contributed by atoms with van der Waals surface area (Å²) in [7, 11) is 0. The highest BCUT2D eigenvalue weighted by atomic mass is 35.5. The number of benzene rings is 1. The number of nitrogens with one attached hydrogen (secondary N) is 2. The first-order valence-corrected chi connectivity index (χ1v) is 10.0. The first kappa shape index (κ1) is 18.9. The van der Waals surface area contributed by atoms with Gasteiger partial charge < -0.3 is 9.88 Å². The van der Waals surface area contributed by atoms with Crippen molar-refractivity contribution in [3.63, 3.8) is 0 Å². The minimum absolute atomic E-state index is 0.184. The quantitative estimate of drug-likeness (QED) is 0.692. The molecule has 0 aliphatic carbocycles. The maximum absolute atomic E-state index is 12.9. The molecule has 0 saturated carbocycles. The SMILES string of the molecule is Cc1cc(C(=O)Nc2nc3cccc(Cl)c3n2C2CCCCNC2)cc(C)n1. The number of rotatable bonds is 3. The zero-order chi connectivity index (χ0) is 19.7. The number of aromatic nitrogens is 3. The third-order valence-corrected chi connectivity index (χ3v) is 5.42. The minimum atomic E-state index is -0.192. The molecule has 7 heteroatoms. The highest BCUT2D eigenvalue weighted by Gasteiger charge is 2.23. The predicted molar refractivity (Wildman–Crippen MR) is 112 cm³/mol. The van der Waals surface area contributed by atoms with E-state index in [0.29, 0.717) is 16.5 Å². The number of para-hydroxylation sites is 1. The molecule has 146 valence electrons. The van der Waals surface area contributed by atoms with Gasteiger partial charge in [0.15, 0.2) is 0 Å². The first-order valence-electron chi connectivity index (χ1n) is 9.67. The second-order valence-electron chi connectivity index (χ2n) is 7.36. The van der Waals surface area contributed by atoms with E-state index in [9.17, 15) is 4.79 Å². The largest absolute Gasteiger partial charge is 0.315 e. The number of carbonyl (C=O) groups excluding carboxylic acids is 1. The van der Waals surface area contributed by atoms with Gasteiger partial charge >= 0.3 is 0 Å². The molecular weight excluding hydrogens is 374 g/mol. The molecule has 0 radical (unpaired) electrons. The molecule has 1 fully saturated rings. The number of anilines is 1. The lowest BCUT2D eigenvalue weighted by molar-refractivity contribution is 0.102. The van der Waals surface area contributed by atoms with Gasteiger partial charge in [0.25, 0.3) is 5.91 Å². The van der Waals surface area contributed by atoms with E-state index in [4.69, 9.17) is 16.6 Å². The lowest BCUT2D eigenvalue weighted by Crippen LogP contribution is -2.25. The highest BCUT2D eigenvalue weighted by Crippen LogP contribution is 2.32. The molecule has 28 heavy (non-hydrogen) atoms. The number of hydrogen-bond donors (Lipinski definition) is 2. The van der Waals surface area contributed by atoms with E-state index in [2.05, 4.69) is 20.2 Å². The number of amides is 1. The van der Waals surface area contributed by atoms with Crippen LogP contribution in [0.1, 0.15) is 47.1 Å². The zero-order valence-electron chi connectivity index (χ0n) is 16.1. The molecule has 3 aromatic rings. The standard InChI is InChI=1S/C21H24ClN5O/c1-13-10-15(11-14(2)24-13)20(28)26-21-25-18-8-5-7-17(22)19(18)27(21)16-6-3-4-9-23-12-16/h5,7-8,10-11,16,23H,3-4,6,9,12H2,1-2H3,(H,25,26,28). The first-order chi connectivity index (χ1) is 13.5. The van der Waals surface area contributed by atoms with Crippen molar-refractivity contribution in [3.8, 4) is 0 Å². The number of nitrogens with zero attached hydrogens (tertiary/aromatic N) is 3. The van der Waals surface area contributed by atoms with Gasteiger partial charge in [-0.1, -0.05) is 24.1 Å². The Morgan fingerprint density at radius 1 is 1.21 bits per heavy atom. The van der Waals surface area contributed by atoms with E-state index in [-0.39, 0.29) is 11.9 Å². The Hall–Kier alpha value is -2.44. The predicted octanol–water partition coefficient (Wildman–Crippen LogP) is 4.27. The second-order valence-corrected chi connectivity index (χ2v) is 7.77. The van der Waals surface area contributed by atoms with Gasteiger partial charge in [-0.3, -0.25) is 15.1 Å². The van der Waals surface area contributed by atoms with Crippen molar-refractivity contribution < 1.29 is 4.79 Å². The molecule has 4 rings (SSSR count). The second kappa shape index (κ2) is 7.89. The Labute approximate surface area is 169 Å². The summed E-state index contributed by atoms with van der Waals surface area (Å²) in [5, 5.41) is 7.14. The average molecular weight is 398 g/mol. The van der Waals surface area contributed by atoms with Crippen LogP contribution >= 0.6 is 11.6 Å². The van der Waals surface area contributed by atoms with Crippen LogP contribution in [-0.4, -0.2) is 33.5 Å². The van der Waals surface area contributed by atoms with Crippen molar-refractivity contribution in [2.75, 3.05) is 18.4 Å². The van der Waals surface area contributed by atoms with E-state index in [0.717, 1.165) is 54.8 Å². The molecule has 1 aromatic carbocycles. The number of imidazole rings is 1. The summed E-state index contributed by atoms with van der Waals surface area (Å²) in [6, 6.07) is 9.44. The lowest BCUT2D eigenvalue weighted by Gasteiger charge is -2.20. The van der Waals surface area contributed by atoms with Gasteiger partial charge in [0, 0.05) is 29.5 Å². The van der Waals surface area contributed by atoms with Gasteiger partial charge in [0.05, 0.1) is 16.1 Å². The fourth-order valence-electron chi connectivity index (χ4n) is 3.91. The molecule has 1 aliphatic heterocycles. The van der Waals surface area contributed by atoms with Gasteiger partial charge in [-0.05, 0) is 57.5 Å². The van der Waals surface area contributed by atoms with E-state index in [1.165, 1.54) is 0 Å². The van der Waals surface area contributed by atoms with Gasteiger partial charge in [0.1, 0.15) is 0 Å². The van der Waals surface area contributed by atoms with Crippen LogP contribution in [0.25, 0.3) is 11.0 Å². The highest BCUT2D eigenvalue weighted by molar-refractivity contribution is 6.35. The van der Waals surface area contributed by atoms with Crippen molar-refractivity contribution in [1.82, 2.24) is 19.9 Å². The number of halogens is 1.